The van der Waals surface area contributed by atoms with E-state index in [0.29, 0.717) is 10.2 Å². The number of carbonyl (C=O) groups is 1. The van der Waals surface area contributed by atoms with E-state index in [0.717, 1.165) is 10.0 Å². The summed E-state index contributed by atoms with van der Waals surface area (Å²) in [6.07, 6.45) is 0. The lowest BCUT2D eigenvalue weighted by molar-refractivity contribution is 0.102. The fourth-order valence-corrected chi connectivity index (χ4v) is 2.53. The second kappa shape index (κ2) is 5.93. The van der Waals surface area contributed by atoms with Gasteiger partial charge in [-0.2, -0.15) is 0 Å². The summed E-state index contributed by atoms with van der Waals surface area (Å²) in [7, 11) is 0. The predicted octanol–water partition coefficient (Wildman–Crippen LogP) is 4.49. The van der Waals surface area contributed by atoms with Gasteiger partial charge in [-0.3, -0.25) is 4.79 Å². The van der Waals surface area contributed by atoms with Crippen molar-refractivity contribution in [2.45, 2.75) is 6.92 Å². The lowest BCUT2D eigenvalue weighted by atomic mass is 10.1. The average molecular weight is 402 g/mol. The van der Waals surface area contributed by atoms with E-state index in [1.54, 1.807) is 6.07 Å². The molecule has 0 aliphatic carbocycles. The minimum Gasteiger partial charge on any atom is -0.396 e. The first-order valence-corrected chi connectivity index (χ1v) is 7.29. The Balaban J connectivity index is 2.33. The van der Waals surface area contributed by atoms with Crippen LogP contribution in [-0.4, -0.2) is 5.91 Å². The van der Waals surface area contributed by atoms with Crippen molar-refractivity contribution < 1.29 is 9.18 Å². The maximum Gasteiger partial charge on any atom is 0.256 e. The second-order valence-corrected chi connectivity index (χ2v) is 5.93. The van der Waals surface area contributed by atoms with Gasteiger partial charge >= 0.3 is 0 Å². The molecule has 2 rings (SSSR count). The first kappa shape index (κ1) is 15.0. The van der Waals surface area contributed by atoms with Crippen LogP contribution in [0.2, 0.25) is 0 Å². The maximum absolute atomic E-state index is 13.3. The molecule has 0 aliphatic heterocycles. The van der Waals surface area contributed by atoms with E-state index < -0.39 is 5.82 Å². The van der Waals surface area contributed by atoms with Gasteiger partial charge in [0.1, 0.15) is 5.82 Å². The van der Waals surface area contributed by atoms with Crippen LogP contribution in [0.5, 0.6) is 0 Å². The number of nitrogens with two attached hydrogens (primary N) is 1. The molecule has 2 aromatic carbocycles. The van der Waals surface area contributed by atoms with E-state index in [1.807, 2.05) is 19.1 Å². The molecule has 0 radical (unpaired) electrons. The molecule has 0 saturated carbocycles. The van der Waals surface area contributed by atoms with E-state index >= 15 is 0 Å². The number of anilines is 2. The van der Waals surface area contributed by atoms with Crippen LogP contribution in [0.4, 0.5) is 15.8 Å². The molecule has 0 atom stereocenters. The smallest absolute Gasteiger partial charge is 0.256 e. The van der Waals surface area contributed by atoms with Gasteiger partial charge in [-0.15, -0.1) is 0 Å². The fraction of sp³-hybridized carbons (Fsp3) is 0.0714. The molecule has 20 heavy (non-hydrogen) atoms. The Kier molecular flexibility index (Phi) is 4.45. The van der Waals surface area contributed by atoms with Gasteiger partial charge in [-0.05, 0) is 52.7 Å². The molecule has 0 saturated heterocycles. The Morgan fingerprint density at radius 3 is 2.65 bits per heavy atom. The van der Waals surface area contributed by atoms with Crippen molar-refractivity contribution in [3.8, 4) is 0 Å². The number of nitrogens with one attached hydrogen (secondary N) is 1. The number of rotatable bonds is 2. The van der Waals surface area contributed by atoms with Crippen molar-refractivity contribution in [3.05, 3.63) is 56.2 Å². The van der Waals surface area contributed by atoms with E-state index in [-0.39, 0.29) is 17.2 Å². The van der Waals surface area contributed by atoms with Crippen LogP contribution in [0.3, 0.4) is 0 Å². The zero-order valence-corrected chi connectivity index (χ0v) is 13.7. The van der Waals surface area contributed by atoms with Crippen LogP contribution in [0.15, 0.2) is 39.3 Å². The van der Waals surface area contributed by atoms with Gasteiger partial charge < -0.3 is 11.1 Å². The molecule has 0 fully saturated rings. The summed E-state index contributed by atoms with van der Waals surface area (Å²) < 4.78 is 14.5. The minimum absolute atomic E-state index is 0.0654. The van der Waals surface area contributed by atoms with Crippen LogP contribution in [0.25, 0.3) is 0 Å². The summed E-state index contributed by atoms with van der Waals surface area (Å²) in [6, 6.07) is 7.98. The van der Waals surface area contributed by atoms with Gasteiger partial charge in [0, 0.05) is 14.6 Å². The molecule has 1 amide bonds. The van der Waals surface area contributed by atoms with Crippen molar-refractivity contribution in [1.82, 2.24) is 0 Å². The zero-order chi connectivity index (χ0) is 14.9. The summed E-state index contributed by atoms with van der Waals surface area (Å²) in [5.74, 6) is -0.920. The number of carbonyl (C=O) groups excluding carboxylic acids is 1. The molecule has 3 nitrogen and oxygen atoms in total. The molecule has 3 N–H and O–H groups in total. The second-order valence-electron chi connectivity index (χ2n) is 4.22. The number of hydrogen-bond acceptors (Lipinski definition) is 2. The van der Waals surface area contributed by atoms with Crippen molar-refractivity contribution >= 4 is 49.1 Å². The Morgan fingerprint density at radius 1 is 1.25 bits per heavy atom. The normalized spacial score (nSPS) is 10.4. The predicted molar refractivity (Wildman–Crippen MR) is 85.3 cm³/mol. The lowest BCUT2D eigenvalue weighted by Gasteiger charge is -2.11. The van der Waals surface area contributed by atoms with Crippen molar-refractivity contribution in [2.75, 3.05) is 11.1 Å². The Morgan fingerprint density at radius 2 is 1.95 bits per heavy atom. The number of nitrogen functional groups attached to an aromatic ring is 1. The molecule has 104 valence electrons. The van der Waals surface area contributed by atoms with E-state index in [9.17, 15) is 9.18 Å². The molecule has 0 aromatic heterocycles. The minimum atomic E-state index is -0.563. The summed E-state index contributed by atoms with van der Waals surface area (Å²) in [4.78, 5) is 12.2. The Hall–Kier alpha value is -1.40. The topological polar surface area (TPSA) is 55.1 Å². The highest BCUT2D eigenvalue weighted by Gasteiger charge is 2.14. The molecule has 0 spiro atoms. The van der Waals surface area contributed by atoms with Gasteiger partial charge in [0.2, 0.25) is 0 Å². The Bertz CT molecular complexity index is 689. The maximum atomic E-state index is 13.3. The third-order valence-electron chi connectivity index (χ3n) is 2.85. The molecule has 2 aromatic rings. The third kappa shape index (κ3) is 3.02. The Labute approximate surface area is 132 Å². The zero-order valence-electron chi connectivity index (χ0n) is 10.5. The molecular formula is C14H11Br2FN2O. The van der Waals surface area contributed by atoms with Crippen LogP contribution >= 0.6 is 31.9 Å². The summed E-state index contributed by atoms with van der Waals surface area (Å²) in [5.41, 5.74) is 7.30. The van der Waals surface area contributed by atoms with Crippen LogP contribution in [-0.2, 0) is 0 Å². The van der Waals surface area contributed by atoms with Crippen molar-refractivity contribution in [2.24, 2.45) is 0 Å². The summed E-state index contributed by atoms with van der Waals surface area (Å²) >= 11 is 6.56. The van der Waals surface area contributed by atoms with Crippen molar-refractivity contribution in [3.63, 3.8) is 0 Å². The highest BCUT2D eigenvalue weighted by Crippen LogP contribution is 2.26. The van der Waals surface area contributed by atoms with Crippen LogP contribution < -0.4 is 11.1 Å². The van der Waals surface area contributed by atoms with Gasteiger partial charge in [-0.1, -0.05) is 22.0 Å². The summed E-state index contributed by atoms with van der Waals surface area (Å²) in [6.45, 7) is 1.88. The summed E-state index contributed by atoms with van der Waals surface area (Å²) in [5, 5.41) is 2.78. The quantitative estimate of drug-likeness (QED) is 0.728. The monoisotopic (exact) mass is 400 g/mol. The molecular weight excluding hydrogens is 391 g/mol. The highest BCUT2D eigenvalue weighted by atomic mass is 79.9. The van der Waals surface area contributed by atoms with Crippen molar-refractivity contribution in [1.29, 1.82) is 0 Å². The number of benzene rings is 2. The molecule has 0 unspecified atom stereocenters. The van der Waals surface area contributed by atoms with E-state index in [4.69, 9.17) is 5.73 Å². The molecule has 0 bridgehead atoms. The SMILES string of the molecule is Cc1c(Br)cccc1NC(=O)c1cc(N)c(F)cc1Br. The van der Waals surface area contributed by atoms with Crippen LogP contribution in [0, 0.1) is 12.7 Å². The first-order chi connectivity index (χ1) is 9.40. The van der Waals surface area contributed by atoms with Gasteiger partial charge in [0.05, 0.1) is 11.3 Å². The van der Waals surface area contributed by atoms with Gasteiger partial charge in [0.25, 0.3) is 5.91 Å². The highest BCUT2D eigenvalue weighted by molar-refractivity contribution is 9.10. The standard InChI is InChI=1S/C14H11Br2FN2O/c1-7-9(15)3-2-4-13(7)19-14(20)8-5-12(18)11(17)6-10(8)16/h2-6H,18H2,1H3,(H,19,20). The molecule has 0 aliphatic rings. The number of amides is 1. The third-order valence-corrected chi connectivity index (χ3v) is 4.36. The first-order valence-electron chi connectivity index (χ1n) is 5.71. The fourth-order valence-electron chi connectivity index (χ4n) is 1.67. The van der Waals surface area contributed by atoms with E-state index in [2.05, 4.69) is 37.2 Å². The molecule has 6 heteroatoms. The molecule has 0 heterocycles. The lowest BCUT2D eigenvalue weighted by Crippen LogP contribution is -2.14. The largest absolute Gasteiger partial charge is 0.396 e. The number of hydrogen-bond donors (Lipinski definition) is 2. The van der Waals surface area contributed by atoms with Gasteiger partial charge in [-0.25, -0.2) is 4.39 Å². The van der Waals surface area contributed by atoms with Crippen LogP contribution in [0.1, 0.15) is 15.9 Å². The van der Waals surface area contributed by atoms with Gasteiger partial charge in [0.15, 0.2) is 0 Å². The number of halogens is 3. The van der Waals surface area contributed by atoms with E-state index in [1.165, 1.54) is 12.1 Å². The average Bonchev–Trinajstić information content (AvgIpc) is 2.39.